The van der Waals surface area contributed by atoms with Crippen LogP contribution < -0.4 is 0 Å². The molecule has 4 aliphatic rings. The van der Waals surface area contributed by atoms with Gasteiger partial charge in [0.25, 0.3) is 0 Å². The maximum Gasteiger partial charge on any atom is 0.334 e. The third-order valence-electron chi connectivity index (χ3n) is 11.3. The maximum absolute atomic E-state index is 14.2. The van der Waals surface area contributed by atoms with Gasteiger partial charge in [-0.2, -0.15) is 0 Å². The van der Waals surface area contributed by atoms with Crippen LogP contribution in [0, 0.1) is 11.8 Å². The second-order valence-electron chi connectivity index (χ2n) is 15.9. The molecule has 0 saturated carbocycles. The molecule has 6 atom stereocenters. The number of allylic oxidation sites excluding steroid dienone is 6. The average Bonchev–Trinajstić information content (AvgIpc) is 3.74. The summed E-state index contributed by atoms with van der Waals surface area (Å²) in [4.78, 5) is 39.8. The summed E-state index contributed by atoms with van der Waals surface area (Å²) in [7, 11) is 1.39. The van der Waals surface area contributed by atoms with E-state index in [1.807, 2.05) is 44.2 Å². The highest BCUT2D eigenvalue weighted by atomic mass is 16.6. The van der Waals surface area contributed by atoms with Gasteiger partial charge in [0.15, 0.2) is 0 Å². The van der Waals surface area contributed by atoms with Crippen LogP contribution in [-0.2, 0) is 33.3 Å². The summed E-state index contributed by atoms with van der Waals surface area (Å²) in [6.45, 7) is 13.7. The highest BCUT2D eigenvalue weighted by Gasteiger charge is 2.51. The van der Waals surface area contributed by atoms with Crippen LogP contribution in [0.4, 0.5) is 0 Å². The Morgan fingerprint density at radius 1 is 0.820 bits per heavy atom. The third-order valence-corrected chi connectivity index (χ3v) is 11.3. The number of methoxy groups -OCH3 is 1. The number of ether oxygens (including phenoxy) is 4. The molecule has 0 amide bonds. The number of epoxide rings is 1. The first-order valence-corrected chi connectivity index (χ1v) is 18.6. The molecule has 2 bridgehead atoms. The summed E-state index contributed by atoms with van der Waals surface area (Å²) in [6.07, 6.45) is 13.5. The molecular formula is C41H60O9. The molecule has 4 rings (SSSR count). The van der Waals surface area contributed by atoms with Crippen molar-refractivity contribution >= 4 is 17.9 Å². The molecule has 9 nitrogen and oxygen atoms in total. The Hall–Kier alpha value is -3.01. The van der Waals surface area contributed by atoms with Crippen molar-refractivity contribution in [2.75, 3.05) is 7.11 Å². The van der Waals surface area contributed by atoms with Crippen molar-refractivity contribution in [2.45, 2.75) is 161 Å². The largest absolute Gasteiger partial charge is 0.466 e. The van der Waals surface area contributed by atoms with Crippen molar-refractivity contribution < 1.29 is 43.5 Å². The van der Waals surface area contributed by atoms with E-state index in [1.165, 1.54) is 7.11 Å². The number of carbonyl (C=O) groups is 3. The minimum absolute atomic E-state index is 0.0135. The Labute approximate surface area is 298 Å². The Morgan fingerprint density at radius 3 is 2.16 bits per heavy atom. The monoisotopic (exact) mass is 696 g/mol. The SMILES string of the molecule is COC(=O)C1=CC=C(C(C)C)CCC(C(=O)OC2C=C(C(C)C)CCC3=CCCC(C)(OC3=O)C(O)CCC2(C)O)=CCCC2(C)OC2CC1. The first-order valence-electron chi connectivity index (χ1n) is 18.6. The van der Waals surface area contributed by atoms with Gasteiger partial charge < -0.3 is 29.2 Å². The van der Waals surface area contributed by atoms with E-state index >= 15 is 0 Å². The molecule has 2 N–H and O–H groups in total. The van der Waals surface area contributed by atoms with Crippen molar-refractivity contribution in [2.24, 2.45) is 11.8 Å². The van der Waals surface area contributed by atoms with Crippen LogP contribution in [0.2, 0.25) is 0 Å². The fraction of sp³-hybridized carbons (Fsp3) is 0.683. The van der Waals surface area contributed by atoms with Gasteiger partial charge in [-0.1, -0.05) is 63.1 Å². The van der Waals surface area contributed by atoms with Crippen molar-refractivity contribution in [3.8, 4) is 0 Å². The van der Waals surface area contributed by atoms with Gasteiger partial charge in [-0.05, 0) is 116 Å². The van der Waals surface area contributed by atoms with Gasteiger partial charge in [-0.3, -0.25) is 0 Å². The molecular weight excluding hydrogens is 636 g/mol. The zero-order valence-electron chi connectivity index (χ0n) is 31.5. The summed E-state index contributed by atoms with van der Waals surface area (Å²) < 4.78 is 23.3. The van der Waals surface area contributed by atoms with Crippen LogP contribution in [0.3, 0.4) is 0 Å². The number of carbonyl (C=O) groups excluding carboxylic acids is 3. The second-order valence-corrected chi connectivity index (χ2v) is 15.9. The summed E-state index contributed by atoms with van der Waals surface area (Å²) in [5.41, 5.74) is 0.811. The summed E-state index contributed by atoms with van der Waals surface area (Å²) in [5, 5.41) is 23.2. The highest BCUT2D eigenvalue weighted by Crippen LogP contribution is 2.44. The predicted molar refractivity (Wildman–Crippen MR) is 192 cm³/mol. The minimum Gasteiger partial charge on any atom is -0.466 e. The molecule has 3 heterocycles. The minimum atomic E-state index is -1.51. The smallest absolute Gasteiger partial charge is 0.334 e. The molecule has 278 valence electrons. The molecule has 0 aromatic heterocycles. The zero-order chi connectivity index (χ0) is 36.9. The van der Waals surface area contributed by atoms with E-state index < -0.39 is 35.3 Å². The topological polar surface area (TPSA) is 132 Å². The molecule has 0 radical (unpaired) electrons. The molecule has 0 spiro atoms. The van der Waals surface area contributed by atoms with E-state index in [0.29, 0.717) is 80.9 Å². The Balaban J connectivity index is 1.66. The summed E-state index contributed by atoms with van der Waals surface area (Å²) in [5.74, 6) is -1.01. The molecule has 1 aliphatic carbocycles. The van der Waals surface area contributed by atoms with Crippen LogP contribution >= 0.6 is 0 Å². The van der Waals surface area contributed by atoms with Gasteiger partial charge in [-0.25, -0.2) is 14.4 Å². The number of aliphatic hydroxyl groups excluding tert-OH is 1. The van der Waals surface area contributed by atoms with E-state index in [1.54, 1.807) is 13.8 Å². The first-order chi connectivity index (χ1) is 23.5. The maximum atomic E-state index is 14.2. The predicted octanol–water partition coefficient (Wildman–Crippen LogP) is 7.31. The highest BCUT2D eigenvalue weighted by molar-refractivity contribution is 5.90. The van der Waals surface area contributed by atoms with Gasteiger partial charge in [0, 0.05) is 16.7 Å². The summed E-state index contributed by atoms with van der Waals surface area (Å²) in [6, 6.07) is 0. The van der Waals surface area contributed by atoms with Crippen LogP contribution in [0.5, 0.6) is 0 Å². The van der Waals surface area contributed by atoms with Gasteiger partial charge in [0.05, 0.1) is 24.9 Å². The lowest BCUT2D eigenvalue weighted by atomic mass is 9.83. The second kappa shape index (κ2) is 16.6. The fourth-order valence-corrected chi connectivity index (χ4v) is 7.25. The van der Waals surface area contributed by atoms with Crippen LogP contribution in [0.25, 0.3) is 0 Å². The molecule has 0 aromatic rings. The number of aliphatic hydroxyl groups is 2. The van der Waals surface area contributed by atoms with E-state index in [4.69, 9.17) is 18.9 Å². The van der Waals surface area contributed by atoms with Crippen molar-refractivity contribution in [3.05, 3.63) is 58.2 Å². The molecule has 1 fully saturated rings. The molecule has 50 heavy (non-hydrogen) atoms. The van der Waals surface area contributed by atoms with Crippen molar-refractivity contribution in [3.63, 3.8) is 0 Å². The Morgan fingerprint density at radius 2 is 1.48 bits per heavy atom. The number of rotatable bonds is 5. The normalized spacial score (nSPS) is 33.3. The molecule has 9 heteroatoms. The van der Waals surface area contributed by atoms with Gasteiger partial charge in [0.2, 0.25) is 0 Å². The Bertz CT molecular complexity index is 1430. The number of hydrogen-bond acceptors (Lipinski definition) is 9. The lowest BCUT2D eigenvalue weighted by Crippen LogP contribution is -2.46. The standard InChI is InChI=1S/C41H60O9/c1-26(2)28-13-15-29(11-10-23-41(7)34(49-41)20-19-31(16-14-28)36(43)47-8)37(44)48-35-25-32(27(3)4)18-17-30-12-9-22-40(6,50-38(30)45)33(42)21-24-39(35,5)46/h11-12,14,16,25-27,33-35,42,46H,9-10,13,15,17-24H2,1-8H3. The fourth-order valence-electron chi connectivity index (χ4n) is 7.25. The molecule has 1 saturated heterocycles. The molecule has 3 aliphatic heterocycles. The van der Waals surface area contributed by atoms with E-state index in [9.17, 15) is 24.6 Å². The quantitative estimate of drug-likeness (QED) is 0.131. The van der Waals surface area contributed by atoms with Crippen LogP contribution in [0.1, 0.15) is 126 Å². The van der Waals surface area contributed by atoms with Crippen molar-refractivity contribution in [1.29, 1.82) is 0 Å². The lowest BCUT2D eigenvalue weighted by Gasteiger charge is -2.36. The molecule has 0 aromatic carbocycles. The van der Waals surface area contributed by atoms with E-state index in [0.717, 1.165) is 11.1 Å². The van der Waals surface area contributed by atoms with Gasteiger partial charge in [0.1, 0.15) is 17.3 Å². The zero-order valence-corrected chi connectivity index (χ0v) is 31.5. The third kappa shape index (κ3) is 10.1. The van der Waals surface area contributed by atoms with Crippen molar-refractivity contribution in [1.82, 2.24) is 0 Å². The lowest BCUT2D eigenvalue weighted by molar-refractivity contribution is -0.169. The number of hydrogen-bond donors (Lipinski definition) is 2. The number of fused-ring (bicyclic) bond motifs is 4. The number of esters is 3. The summed E-state index contributed by atoms with van der Waals surface area (Å²) >= 11 is 0. The first kappa shape index (κ1) is 39.8. The van der Waals surface area contributed by atoms with Crippen LogP contribution in [0.15, 0.2) is 58.2 Å². The van der Waals surface area contributed by atoms with Gasteiger partial charge >= 0.3 is 17.9 Å². The molecule has 6 unspecified atom stereocenters. The van der Waals surface area contributed by atoms with Crippen LogP contribution in [-0.4, -0.2) is 70.3 Å². The Kier molecular flexibility index (Phi) is 13.2. The van der Waals surface area contributed by atoms with Gasteiger partial charge in [-0.15, -0.1) is 0 Å². The average molecular weight is 697 g/mol. The van der Waals surface area contributed by atoms with E-state index in [2.05, 4.69) is 20.8 Å². The van der Waals surface area contributed by atoms with E-state index in [-0.39, 0.29) is 42.4 Å².